The Labute approximate surface area is 127 Å². The summed E-state index contributed by atoms with van der Waals surface area (Å²) in [5.41, 5.74) is 4.21. The van der Waals surface area contributed by atoms with Crippen molar-refractivity contribution in [3.05, 3.63) is 65.5 Å². The lowest BCUT2D eigenvalue weighted by atomic mass is 10.1. The van der Waals surface area contributed by atoms with Crippen molar-refractivity contribution < 1.29 is 28.5 Å². The number of benzene rings is 1. The van der Waals surface area contributed by atoms with E-state index in [1.165, 1.54) is 29.5 Å². The first kappa shape index (κ1) is 15.2. The highest BCUT2D eigenvalue weighted by Gasteiger charge is 2.05. The number of pyridine rings is 1. The minimum atomic E-state index is 0. The highest BCUT2D eigenvalue weighted by molar-refractivity contribution is 5.19. The average molecular weight is 353 g/mol. The number of hydrogen-bond donors (Lipinski definition) is 0. The van der Waals surface area contributed by atoms with Crippen LogP contribution in [0.15, 0.2) is 48.8 Å². The lowest BCUT2D eigenvalue weighted by Crippen LogP contribution is -3.00. The van der Waals surface area contributed by atoms with Gasteiger partial charge < -0.3 is 24.0 Å². The Balaban J connectivity index is 0.00000162. The molecule has 1 nitrogen and oxygen atoms in total. The second-order valence-electron chi connectivity index (χ2n) is 4.56. The fourth-order valence-electron chi connectivity index (χ4n) is 2.13. The monoisotopic (exact) mass is 353 g/mol. The van der Waals surface area contributed by atoms with E-state index in [0.717, 1.165) is 6.54 Å². The SMILES string of the molecule is CCCc1cc[n+](Cc2ccccc2)cc1C.[I-]. The predicted octanol–water partition coefficient (Wildman–Crippen LogP) is 0.287. The Morgan fingerprint density at radius 2 is 1.78 bits per heavy atom. The van der Waals surface area contributed by atoms with Crippen LogP contribution in [0.2, 0.25) is 0 Å². The molecule has 0 aliphatic heterocycles. The summed E-state index contributed by atoms with van der Waals surface area (Å²) in [7, 11) is 0. The Kier molecular flexibility index (Phi) is 6.33. The Hall–Kier alpha value is -0.900. The molecule has 0 spiro atoms. The maximum atomic E-state index is 2.25. The van der Waals surface area contributed by atoms with Crippen LogP contribution >= 0.6 is 0 Å². The lowest BCUT2D eigenvalue weighted by molar-refractivity contribution is -0.688. The van der Waals surface area contributed by atoms with Crippen LogP contribution < -0.4 is 28.5 Å². The van der Waals surface area contributed by atoms with Crippen molar-refractivity contribution in [1.82, 2.24) is 0 Å². The van der Waals surface area contributed by atoms with E-state index < -0.39 is 0 Å². The largest absolute Gasteiger partial charge is 1.00 e. The summed E-state index contributed by atoms with van der Waals surface area (Å²) in [5.74, 6) is 0. The molecule has 0 radical (unpaired) electrons. The lowest BCUT2D eigenvalue weighted by Gasteiger charge is -2.03. The smallest absolute Gasteiger partial charge is 0.173 e. The van der Waals surface area contributed by atoms with Crippen LogP contribution in [0.25, 0.3) is 0 Å². The van der Waals surface area contributed by atoms with Crippen molar-refractivity contribution in [2.75, 3.05) is 0 Å². The molecular weight excluding hydrogens is 333 g/mol. The molecule has 0 aliphatic carbocycles. The fraction of sp³-hybridized carbons (Fsp3) is 0.312. The number of halogens is 1. The van der Waals surface area contributed by atoms with Crippen molar-refractivity contribution in [2.24, 2.45) is 0 Å². The Morgan fingerprint density at radius 1 is 1.06 bits per heavy atom. The minimum Gasteiger partial charge on any atom is -1.00 e. The van der Waals surface area contributed by atoms with Crippen LogP contribution in [0.3, 0.4) is 0 Å². The van der Waals surface area contributed by atoms with Crippen molar-refractivity contribution in [2.45, 2.75) is 33.2 Å². The van der Waals surface area contributed by atoms with Crippen molar-refractivity contribution in [3.8, 4) is 0 Å². The van der Waals surface area contributed by atoms with Gasteiger partial charge in [-0.1, -0.05) is 43.7 Å². The van der Waals surface area contributed by atoms with Crippen LogP contribution in [-0.4, -0.2) is 0 Å². The molecule has 0 saturated heterocycles. The zero-order valence-electron chi connectivity index (χ0n) is 11.1. The third kappa shape index (κ3) is 4.09. The van der Waals surface area contributed by atoms with Gasteiger partial charge in [0.15, 0.2) is 18.9 Å². The van der Waals surface area contributed by atoms with Gasteiger partial charge >= 0.3 is 0 Å². The summed E-state index contributed by atoms with van der Waals surface area (Å²) in [6, 6.07) is 12.8. The standard InChI is InChI=1S/C16H20N.HI/c1-3-7-16-10-11-17(12-14(16)2)13-15-8-5-4-6-9-15;/h4-6,8-12H,3,7,13H2,1-2H3;1H/q+1;/p-1. The zero-order valence-corrected chi connectivity index (χ0v) is 13.2. The summed E-state index contributed by atoms with van der Waals surface area (Å²) < 4.78 is 2.25. The molecule has 1 heterocycles. The molecule has 0 bridgehead atoms. The van der Waals surface area contributed by atoms with E-state index in [0.29, 0.717) is 0 Å². The summed E-state index contributed by atoms with van der Waals surface area (Å²) in [4.78, 5) is 0. The first-order chi connectivity index (χ1) is 8.29. The molecule has 96 valence electrons. The quantitative estimate of drug-likeness (QED) is 0.550. The van der Waals surface area contributed by atoms with E-state index in [-0.39, 0.29) is 24.0 Å². The molecule has 2 rings (SSSR count). The van der Waals surface area contributed by atoms with Gasteiger partial charge in [-0.25, -0.2) is 4.57 Å². The molecule has 0 N–H and O–H groups in total. The summed E-state index contributed by atoms with van der Waals surface area (Å²) in [5, 5.41) is 0. The average Bonchev–Trinajstić information content (AvgIpc) is 2.34. The first-order valence-corrected chi connectivity index (χ1v) is 6.32. The number of aryl methyl sites for hydroxylation is 2. The van der Waals surface area contributed by atoms with Gasteiger partial charge in [-0.15, -0.1) is 0 Å². The van der Waals surface area contributed by atoms with E-state index in [4.69, 9.17) is 0 Å². The molecule has 0 atom stereocenters. The van der Waals surface area contributed by atoms with Gasteiger partial charge in [-0.05, 0) is 18.9 Å². The van der Waals surface area contributed by atoms with Gasteiger partial charge in [-0.3, -0.25) is 0 Å². The zero-order chi connectivity index (χ0) is 12.1. The van der Waals surface area contributed by atoms with Crippen LogP contribution in [0.4, 0.5) is 0 Å². The molecule has 1 aromatic heterocycles. The number of hydrogen-bond acceptors (Lipinski definition) is 0. The molecule has 2 aromatic rings. The van der Waals surface area contributed by atoms with Crippen LogP contribution in [0.1, 0.15) is 30.0 Å². The topological polar surface area (TPSA) is 3.88 Å². The highest BCUT2D eigenvalue weighted by atomic mass is 127. The fourth-order valence-corrected chi connectivity index (χ4v) is 2.13. The van der Waals surface area contributed by atoms with E-state index in [1.807, 2.05) is 0 Å². The molecule has 2 heteroatoms. The first-order valence-electron chi connectivity index (χ1n) is 6.32. The van der Waals surface area contributed by atoms with Crippen molar-refractivity contribution in [1.29, 1.82) is 0 Å². The van der Waals surface area contributed by atoms with E-state index >= 15 is 0 Å². The minimum absolute atomic E-state index is 0. The maximum Gasteiger partial charge on any atom is 0.173 e. The van der Waals surface area contributed by atoms with E-state index in [2.05, 4.69) is 67.2 Å². The van der Waals surface area contributed by atoms with Gasteiger partial charge in [0.2, 0.25) is 0 Å². The Morgan fingerprint density at radius 3 is 2.39 bits per heavy atom. The molecule has 0 aliphatic rings. The molecule has 0 amide bonds. The van der Waals surface area contributed by atoms with Gasteiger partial charge in [0, 0.05) is 17.2 Å². The number of rotatable bonds is 4. The van der Waals surface area contributed by atoms with Gasteiger partial charge in [-0.2, -0.15) is 0 Å². The molecule has 0 unspecified atom stereocenters. The maximum absolute atomic E-state index is 2.25. The molecule has 18 heavy (non-hydrogen) atoms. The molecule has 0 saturated carbocycles. The predicted molar refractivity (Wildman–Crippen MR) is 70.9 cm³/mol. The van der Waals surface area contributed by atoms with Crippen molar-refractivity contribution >= 4 is 0 Å². The summed E-state index contributed by atoms with van der Waals surface area (Å²) in [6.07, 6.45) is 6.82. The van der Waals surface area contributed by atoms with E-state index in [1.54, 1.807) is 0 Å². The Bertz CT molecular complexity index is 480. The second kappa shape index (κ2) is 7.52. The van der Waals surface area contributed by atoms with Crippen LogP contribution in [0.5, 0.6) is 0 Å². The van der Waals surface area contributed by atoms with Crippen LogP contribution in [0, 0.1) is 6.92 Å². The normalized spacial score (nSPS) is 9.89. The third-order valence-electron chi connectivity index (χ3n) is 3.06. The van der Waals surface area contributed by atoms with Crippen molar-refractivity contribution in [3.63, 3.8) is 0 Å². The van der Waals surface area contributed by atoms with Gasteiger partial charge in [0.1, 0.15) is 0 Å². The van der Waals surface area contributed by atoms with E-state index in [9.17, 15) is 0 Å². The number of aromatic nitrogens is 1. The molecule has 0 fully saturated rings. The number of nitrogens with zero attached hydrogens (tertiary/aromatic N) is 1. The van der Waals surface area contributed by atoms with Gasteiger partial charge in [0.25, 0.3) is 0 Å². The molecule has 1 aromatic carbocycles. The molecular formula is C16H20IN. The van der Waals surface area contributed by atoms with Crippen LogP contribution in [-0.2, 0) is 13.0 Å². The summed E-state index contributed by atoms with van der Waals surface area (Å²) in [6.45, 7) is 5.38. The highest BCUT2D eigenvalue weighted by Crippen LogP contribution is 2.07. The second-order valence-corrected chi connectivity index (χ2v) is 4.56. The summed E-state index contributed by atoms with van der Waals surface area (Å²) >= 11 is 0. The third-order valence-corrected chi connectivity index (χ3v) is 3.06. The van der Waals surface area contributed by atoms with Gasteiger partial charge in [0.05, 0.1) is 0 Å².